The van der Waals surface area contributed by atoms with Crippen molar-refractivity contribution in [2.45, 2.75) is 23.6 Å². The van der Waals surface area contributed by atoms with Crippen molar-refractivity contribution in [1.29, 1.82) is 0 Å². The summed E-state index contributed by atoms with van der Waals surface area (Å²) in [5.74, 6) is -1.14. The first-order valence-electron chi connectivity index (χ1n) is 5.55. The van der Waals surface area contributed by atoms with Crippen LogP contribution >= 0.6 is 11.8 Å². The van der Waals surface area contributed by atoms with E-state index >= 15 is 0 Å². The summed E-state index contributed by atoms with van der Waals surface area (Å²) in [4.78, 5) is 3.98. The maximum Gasteiger partial charge on any atom is 0.168 e. The van der Waals surface area contributed by atoms with Crippen LogP contribution in [0.5, 0.6) is 0 Å². The number of halogens is 2. The first-order valence-corrected chi connectivity index (χ1v) is 6.43. The Morgan fingerprint density at radius 2 is 2.24 bits per heavy atom. The van der Waals surface area contributed by atoms with Gasteiger partial charge in [0, 0.05) is 12.6 Å². The van der Waals surface area contributed by atoms with E-state index in [1.165, 1.54) is 11.8 Å². The van der Waals surface area contributed by atoms with Crippen molar-refractivity contribution >= 4 is 17.6 Å². The van der Waals surface area contributed by atoms with Crippen LogP contribution in [0, 0.1) is 11.6 Å². The summed E-state index contributed by atoms with van der Waals surface area (Å²) in [6.07, 6.45) is 0.859. The summed E-state index contributed by atoms with van der Waals surface area (Å²) < 4.78 is 31.9. The molecule has 1 aromatic heterocycles. The Bertz CT molecular complexity index is 399. The fourth-order valence-electron chi connectivity index (χ4n) is 1.34. The highest BCUT2D eigenvalue weighted by atomic mass is 32.2. The van der Waals surface area contributed by atoms with Gasteiger partial charge in [-0.1, -0.05) is 18.7 Å². The highest BCUT2D eigenvalue weighted by Gasteiger charge is 2.23. The van der Waals surface area contributed by atoms with Gasteiger partial charge in [0.25, 0.3) is 0 Å². The molecule has 1 saturated heterocycles. The second-order valence-corrected chi connectivity index (χ2v) is 5.10. The lowest BCUT2D eigenvalue weighted by atomic mass is 10.4. The average Bonchev–Trinajstić information content (AvgIpc) is 2.24. The van der Waals surface area contributed by atoms with Crippen LogP contribution in [0.3, 0.4) is 0 Å². The van der Waals surface area contributed by atoms with Crippen LogP contribution in [0.2, 0.25) is 0 Å². The van der Waals surface area contributed by atoms with E-state index in [-0.39, 0.29) is 16.1 Å². The molecular weight excluding hydrogens is 246 g/mol. The van der Waals surface area contributed by atoms with Crippen molar-refractivity contribution < 1.29 is 13.5 Å². The van der Waals surface area contributed by atoms with Crippen LogP contribution in [0.4, 0.5) is 14.6 Å². The van der Waals surface area contributed by atoms with Crippen molar-refractivity contribution in [2.75, 3.05) is 25.1 Å². The highest BCUT2D eigenvalue weighted by Crippen LogP contribution is 2.30. The summed E-state index contributed by atoms with van der Waals surface area (Å²) in [6.45, 7) is 3.78. The van der Waals surface area contributed by atoms with Crippen molar-refractivity contribution in [1.82, 2.24) is 4.98 Å². The number of rotatable bonds is 5. The van der Waals surface area contributed by atoms with Crippen LogP contribution in [0.25, 0.3) is 0 Å². The van der Waals surface area contributed by atoms with Gasteiger partial charge in [-0.15, -0.1) is 0 Å². The van der Waals surface area contributed by atoms with Gasteiger partial charge in [-0.2, -0.15) is 0 Å². The third-order valence-corrected chi connectivity index (χ3v) is 3.44. The van der Waals surface area contributed by atoms with E-state index < -0.39 is 11.6 Å². The number of pyridine rings is 1. The van der Waals surface area contributed by atoms with Crippen molar-refractivity contribution in [3.8, 4) is 0 Å². The Kier molecular flexibility index (Phi) is 4.17. The predicted molar refractivity (Wildman–Crippen MR) is 63.4 cm³/mol. The van der Waals surface area contributed by atoms with Crippen molar-refractivity contribution in [3.63, 3.8) is 0 Å². The van der Waals surface area contributed by atoms with Crippen molar-refractivity contribution in [3.05, 3.63) is 17.7 Å². The van der Waals surface area contributed by atoms with Crippen LogP contribution in [-0.4, -0.2) is 30.0 Å². The summed E-state index contributed by atoms with van der Waals surface area (Å²) in [5.41, 5.74) is 0. The molecule has 2 rings (SSSR count). The van der Waals surface area contributed by atoms with E-state index in [0.29, 0.717) is 19.8 Å². The van der Waals surface area contributed by atoms with Crippen LogP contribution < -0.4 is 5.32 Å². The summed E-state index contributed by atoms with van der Waals surface area (Å²) >= 11 is 1.30. The van der Waals surface area contributed by atoms with Crippen LogP contribution in [-0.2, 0) is 4.74 Å². The molecule has 1 aromatic rings. The highest BCUT2D eigenvalue weighted by molar-refractivity contribution is 8.00. The van der Waals surface area contributed by atoms with E-state index in [9.17, 15) is 8.78 Å². The minimum Gasteiger partial charge on any atom is -0.379 e. The van der Waals surface area contributed by atoms with Gasteiger partial charge < -0.3 is 10.1 Å². The maximum absolute atomic E-state index is 13.5. The Morgan fingerprint density at radius 3 is 2.82 bits per heavy atom. The van der Waals surface area contributed by atoms with E-state index in [1.807, 2.05) is 6.92 Å². The Balaban J connectivity index is 2.12. The molecule has 94 valence electrons. The largest absolute Gasteiger partial charge is 0.379 e. The minimum absolute atomic E-state index is 0.121. The van der Waals surface area contributed by atoms with Gasteiger partial charge >= 0.3 is 0 Å². The number of thioether (sulfide) groups is 1. The first kappa shape index (κ1) is 12.6. The summed E-state index contributed by atoms with van der Waals surface area (Å²) in [6, 6.07) is 0.882. The third-order valence-electron chi connectivity index (χ3n) is 2.33. The standard InChI is InChI=1S/C11H14F2N2OS/c1-2-3-14-10-8(12)4-9(13)11(15-10)17-7-5-16-6-7/h4,7H,2-3,5-6H2,1H3,(H,14,15). The molecule has 1 N–H and O–H groups in total. The van der Waals surface area contributed by atoms with Gasteiger partial charge in [-0.25, -0.2) is 13.8 Å². The number of aromatic nitrogens is 1. The smallest absolute Gasteiger partial charge is 0.168 e. The molecule has 6 heteroatoms. The molecule has 0 bridgehead atoms. The minimum atomic E-state index is -0.648. The zero-order valence-corrected chi connectivity index (χ0v) is 10.3. The quantitative estimate of drug-likeness (QED) is 0.882. The second-order valence-electron chi connectivity index (χ2n) is 3.81. The predicted octanol–water partition coefficient (Wildman–Crippen LogP) is 2.67. The molecular formula is C11H14F2N2OS. The molecule has 0 saturated carbocycles. The number of hydrogen-bond donors (Lipinski definition) is 1. The molecule has 0 atom stereocenters. The van der Waals surface area contributed by atoms with E-state index in [0.717, 1.165) is 12.5 Å². The lowest BCUT2D eigenvalue weighted by Gasteiger charge is -2.25. The zero-order chi connectivity index (χ0) is 12.3. The Labute approximate surface area is 103 Å². The first-order chi connectivity index (χ1) is 8.20. The summed E-state index contributed by atoms with van der Waals surface area (Å²) in [7, 11) is 0. The molecule has 0 aliphatic carbocycles. The molecule has 3 nitrogen and oxygen atoms in total. The molecule has 0 spiro atoms. The molecule has 17 heavy (non-hydrogen) atoms. The topological polar surface area (TPSA) is 34.2 Å². The fraction of sp³-hybridized carbons (Fsp3) is 0.545. The molecule has 1 fully saturated rings. The van der Waals surface area contributed by atoms with Gasteiger partial charge in [-0.3, -0.25) is 0 Å². The van der Waals surface area contributed by atoms with E-state index in [4.69, 9.17) is 4.74 Å². The maximum atomic E-state index is 13.5. The lowest BCUT2D eigenvalue weighted by Crippen LogP contribution is -2.30. The average molecular weight is 260 g/mol. The number of hydrogen-bond acceptors (Lipinski definition) is 4. The van der Waals surface area contributed by atoms with Crippen LogP contribution in [0.15, 0.2) is 11.1 Å². The molecule has 0 amide bonds. The monoisotopic (exact) mass is 260 g/mol. The number of ether oxygens (including phenoxy) is 1. The van der Waals surface area contributed by atoms with Gasteiger partial charge in [0.15, 0.2) is 17.5 Å². The van der Waals surface area contributed by atoms with E-state index in [1.54, 1.807) is 0 Å². The lowest BCUT2D eigenvalue weighted by molar-refractivity contribution is 0.0454. The van der Waals surface area contributed by atoms with Gasteiger partial charge in [0.05, 0.1) is 18.5 Å². The number of nitrogens with one attached hydrogen (secondary N) is 1. The molecule has 0 unspecified atom stereocenters. The molecule has 1 aliphatic heterocycles. The normalized spacial score (nSPS) is 15.7. The van der Waals surface area contributed by atoms with Crippen molar-refractivity contribution in [2.24, 2.45) is 0 Å². The van der Waals surface area contributed by atoms with Gasteiger partial charge in [0.1, 0.15) is 5.03 Å². The summed E-state index contributed by atoms with van der Waals surface area (Å²) in [5, 5.41) is 3.30. The number of anilines is 1. The molecule has 1 aliphatic rings. The number of nitrogens with zero attached hydrogens (tertiary/aromatic N) is 1. The van der Waals surface area contributed by atoms with E-state index in [2.05, 4.69) is 10.3 Å². The van der Waals surface area contributed by atoms with Gasteiger partial charge in [0.2, 0.25) is 0 Å². The SMILES string of the molecule is CCCNc1nc(SC2COC2)c(F)cc1F. The Hall–Kier alpha value is -0.880. The van der Waals surface area contributed by atoms with Crippen LogP contribution in [0.1, 0.15) is 13.3 Å². The molecule has 0 aromatic carbocycles. The zero-order valence-electron chi connectivity index (χ0n) is 9.50. The Morgan fingerprint density at radius 1 is 1.47 bits per heavy atom. The third kappa shape index (κ3) is 3.07. The molecule has 2 heterocycles. The second kappa shape index (κ2) is 5.64. The molecule has 0 radical (unpaired) electrons. The fourth-order valence-corrected chi connectivity index (χ4v) is 2.30. The van der Waals surface area contributed by atoms with Gasteiger partial charge in [-0.05, 0) is 6.42 Å².